The molecule has 1 aliphatic rings. The summed E-state index contributed by atoms with van der Waals surface area (Å²) in [5, 5.41) is 8.86. The van der Waals surface area contributed by atoms with Gasteiger partial charge in [0, 0.05) is 19.0 Å². The molecule has 0 aliphatic heterocycles. The van der Waals surface area contributed by atoms with Gasteiger partial charge in [0.25, 0.3) is 0 Å². The minimum Gasteiger partial charge on any atom is -0.481 e. The van der Waals surface area contributed by atoms with Crippen LogP contribution in [0.4, 0.5) is 0 Å². The third-order valence-corrected chi connectivity index (χ3v) is 2.78. The average Bonchev–Trinajstić information content (AvgIpc) is 2.95. The second-order valence-corrected chi connectivity index (χ2v) is 5.11. The Kier molecular flexibility index (Phi) is 4.33. The van der Waals surface area contributed by atoms with Crippen LogP contribution in [0.25, 0.3) is 0 Å². The van der Waals surface area contributed by atoms with E-state index in [1.165, 1.54) is 0 Å². The summed E-state index contributed by atoms with van der Waals surface area (Å²) in [5.74, 6) is -0.876. The van der Waals surface area contributed by atoms with Gasteiger partial charge in [0.15, 0.2) is 0 Å². The number of nitrogens with zero attached hydrogens (tertiary/aromatic N) is 1. The summed E-state index contributed by atoms with van der Waals surface area (Å²) in [4.78, 5) is 24.5. The van der Waals surface area contributed by atoms with Crippen LogP contribution in [0.2, 0.25) is 0 Å². The lowest BCUT2D eigenvalue weighted by Crippen LogP contribution is -2.39. The summed E-state index contributed by atoms with van der Waals surface area (Å²) >= 11 is 0. The van der Waals surface area contributed by atoms with E-state index in [0.717, 1.165) is 12.8 Å². The van der Waals surface area contributed by atoms with E-state index in [1.54, 1.807) is 11.8 Å². The van der Waals surface area contributed by atoms with Crippen LogP contribution < -0.4 is 0 Å². The van der Waals surface area contributed by atoms with Gasteiger partial charge in [-0.05, 0) is 18.8 Å². The number of amides is 1. The first-order valence-corrected chi connectivity index (χ1v) is 5.94. The first kappa shape index (κ1) is 13.0. The first-order chi connectivity index (χ1) is 7.41. The van der Waals surface area contributed by atoms with E-state index in [-0.39, 0.29) is 5.91 Å². The van der Waals surface area contributed by atoms with Crippen molar-refractivity contribution in [1.29, 1.82) is 0 Å². The predicted molar refractivity (Wildman–Crippen MR) is 61.0 cm³/mol. The molecule has 0 radical (unpaired) electrons. The maximum Gasteiger partial charge on any atom is 0.308 e. The summed E-state index contributed by atoms with van der Waals surface area (Å²) in [5.41, 5.74) is 0. The minimum absolute atomic E-state index is 0.102. The molecule has 0 aromatic rings. The Labute approximate surface area is 96.6 Å². The van der Waals surface area contributed by atoms with Crippen molar-refractivity contribution in [2.24, 2.45) is 11.8 Å². The van der Waals surface area contributed by atoms with Crippen LogP contribution in [0.5, 0.6) is 0 Å². The molecule has 92 valence electrons. The number of carbonyl (C=O) groups excluding carboxylic acids is 1. The van der Waals surface area contributed by atoms with Gasteiger partial charge in [-0.1, -0.05) is 20.8 Å². The van der Waals surface area contributed by atoms with Crippen LogP contribution in [0.15, 0.2) is 0 Å². The number of rotatable bonds is 6. The smallest absolute Gasteiger partial charge is 0.308 e. The molecule has 1 atom stereocenters. The fraction of sp³-hybridized carbons (Fsp3) is 0.833. The molecule has 4 heteroatoms. The number of hydrogen-bond donors (Lipinski definition) is 1. The van der Waals surface area contributed by atoms with Gasteiger partial charge in [-0.2, -0.15) is 0 Å². The Morgan fingerprint density at radius 1 is 1.31 bits per heavy atom. The lowest BCUT2D eigenvalue weighted by atomic mass is 10.1. The van der Waals surface area contributed by atoms with Crippen molar-refractivity contribution in [2.45, 2.75) is 46.1 Å². The van der Waals surface area contributed by atoms with Crippen molar-refractivity contribution in [3.63, 3.8) is 0 Å². The van der Waals surface area contributed by atoms with Crippen molar-refractivity contribution in [2.75, 3.05) is 6.54 Å². The summed E-state index contributed by atoms with van der Waals surface area (Å²) < 4.78 is 0. The van der Waals surface area contributed by atoms with E-state index in [9.17, 15) is 9.59 Å². The fourth-order valence-electron chi connectivity index (χ4n) is 1.68. The number of carboxylic acids is 1. The molecule has 1 aliphatic carbocycles. The van der Waals surface area contributed by atoms with Gasteiger partial charge in [0.05, 0.1) is 5.92 Å². The first-order valence-electron chi connectivity index (χ1n) is 5.94. The second kappa shape index (κ2) is 5.32. The Morgan fingerprint density at radius 2 is 1.88 bits per heavy atom. The van der Waals surface area contributed by atoms with E-state index in [2.05, 4.69) is 0 Å². The lowest BCUT2D eigenvalue weighted by Gasteiger charge is -2.25. The maximum absolute atomic E-state index is 11.9. The van der Waals surface area contributed by atoms with Gasteiger partial charge in [0.2, 0.25) is 5.91 Å². The molecule has 1 N–H and O–H groups in total. The highest BCUT2D eigenvalue weighted by atomic mass is 16.4. The number of carboxylic acid groups (broad SMARTS) is 1. The van der Waals surface area contributed by atoms with Gasteiger partial charge in [-0.15, -0.1) is 0 Å². The molecule has 1 rings (SSSR count). The number of carbonyl (C=O) groups is 2. The van der Waals surface area contributed by atoms with Crippen LogP contribution in [0, 0.1) is 11.8 Å². The van der Waals surface area contributed by atoms with E-state index in [0.29, 0.717) is 24.9 Å². The monoisotopic (exact) mass is 227 g/mol. The van der Waals surface area contributed by atoms with Crippen molar-refractivity contribution < 1.29 is 14.7 Å². The molecular formula is C12H21NO3. The topological polar surface area (TPSA) is 57.6 Å². The molecule has 0 spiro atoms. The quantitative estimate of drug-likeness (QED) is 0.752. The second-order valence-electron chi connectivity index (χ2n) is 5.11. The predicted octanol–water partition coefficient (Wildman–Crippen LogP) is 1.74. The zero-order valence-corrected chi connectivity index (χ0v) is 10.3. The standard InChI is InChI=1S/C12H21NO3/c1-8(2)6-11(14)13(10-4-5-10)7-9(3)12(15)16/h8-10H,4-7H2,1-3H3,(H,15,16). The van der Waals surface area contributed by atoms with Crippen LogP contribution >= 0.6 is 0 Å². The van der Waals surface area contributed by atoms with Crippen LogP contribution in [0.1, 0.15) is 40.0 Å². The molecule has 4 nitrogen and oxygen atoms in total. The van der Waals surface area contributed by atoms with Crippen molar-refractivity contribution >= 4 is 11.9 Å². The largest absolute Gasteiger partial charge is 0.481 e. The molecule has 1 fully saturated rings. The highest BCUT2D eigenvalue weighted by Crippen LogP contribution is 2.28. The third-order valence-electron chi connectivity index (χ3n) is 2.78. The molecule has 0 aromatic carbocycles. The Bertz CT molecular complexity index is 271. The van der Waals surface area contributed by atoms with Gasteiger partial charge in [-0.25, -0.2) is 0 Å². The number of hydrogen-bond acceptors (Lipinski definition) is 2. The van der Waals surface area contributed by atoms with Crippen LogP contribution in [-0.4, -0.2) is 34.5 Å². The molecule has 0 heterocycles. The highest BCUT2D eigenvalue weighted by Gasteiger charge is 2.34. The summed E-state index contributed by atoms with van der Waals surface area (Å²) in [6, 6.07) is 0.299. The van der Waals surface area contributed by atoms with Crippen LogP contribution in [0.3, 0.4) is 0 Å². The van der Waals surface area contributed by atoms with Gasteiger partial charge in [-0.3, -0.25) is 9.59 Å². The van der Waals surface area contributed by atoms with Crippen molar-refractivity contribution in [1.82, 2.24) is 4.90 Å². The Morgan fingerprint density at radius 3 is 2.25 bits per heavy atom. The van der Waals surface area contributed by atoms with E-state index >= 15 is 0 Å². The normalized spacial score (nSPS) is 17.2. The zero-order chi connectivity index (χ0) is 12.3. The SMILES string of the molecule is CC(C)CC(=O)N(CC(C)C(=O)O)C1CC1. The van der Waals surface area contributed by atoms with E-state index in [4.69, 9.17) is 5.11 Å². The molecule has 1 unspecified atom stereocenters. The Hall–Kier alpha value is -1.06. The average molecular weight is 227 g/mol. The number of aliphatic carboxylic acids is 1. The van der Waals surface area contributed by atoms with E-state index < -0.39 is 11.9 Å². The molecule has 1 saturated carbocycles. The highest BCUT2D eigenvalue weighted by molar-refractivity contribution is 5.78. The molecule has 16 heavy (non-hydrogen) atoms. The molecule has 0 saturated heterocycles. The van der Waals surface area contributed by atoms with E-state index in [1.807, 2.05) is 13.8 Å². The van der Waals surface area contributed by atoms with Gasteiger partial charge < -0.3 is 10.0 Å². The summed E-state index contributed by atoms with van der Waals surface area (Å²) in [7, 11) is 0. The fourth-order valence-corrected chi connectivity index (χ4v) is 1.68. The minimum atomic E-state index is -0.831. The van der Waals surface area contributed by atoms with Crippen molar-refractivity contribution in [3.8, 4) is 0 Å². The lowest BCUT2D eigenvalue weighted by molar-refractivity contribution is -0.143. The molecular weight excluding hydrogens is 206 g/mol. The Balaban J connectivity index is 2.53. The summed E-state index contributed by atoms with van der Waals surface area (Å²) in [6.07, 6.45) is 2.56. The molecule has 0 bridgehead atoms. The zero-order valence-electron chi connectivity index (χ0n) is 10.3. The van der Waals surface area contributed by atoms with Crippen LogP contribution in [-0.2, 0) is 9.59 Å². The van der Waals surface area contributed by atoms with Gasteiger partial charge in [0.1, 0.15) is 0 Å². The third kappa shape index (κ3) is 3.83. The summed E-state index contributed by atoms with van der Waals surface area (Å²) in [6.45, 7) is 6.01. The van der Waals surface area contributed by atoms with Crippen molar-refractivity contribution in [3.05, 3.63) is 0 Å². The van der Waals surface area contributed by atoms with Gasteiger partial charge >= 0.3 is 5.97 Å². The molecule has 0 aromatic heterocycles. The molecule has 1 amide bonds. The maximum atomic E-state index is 11.9.